The zero-order valence-corrected chi connectivity index (χ0v) is 8.65. The highest BCUT2D eigenvalue weighted by Gasteiger charge is 2.20. The Hall–Kier alpha value is -2.03. The molecule has 80 valence electrons. The quantitative estimate of drug-likeness (QED) is 0.783. The molecular weight excluding hydrogens is 203 g/mol. The smallest absolute Gasteiger partial charge is 0.146 e. The Morgan fingerprint density at radius 3 is 2.44 bits per heavy atom. The summed E-state index contributed by atoms with van der Waals surface area (Å²) >= 11 is 0. The second-order valence-electron chi connectivity index (χ2n) is 3.73. The van der Waals surface area contributed by atoms with Gasteiger partial charge in [0.15, 0.2) is 0 Å². The van der Waals surface area contributed by atoms with Gasteiger partial charge in [-0.15, -0.1) is 0 Å². The van der Waals surface area contributed by atoms with E-state index in [0.717, 1.165) is 11.4 Å². The Morgan fingerprint density at radius 1 is 0.938 bits per heavy atom. The van der Waals surface area contributed by atoms with Crippen LogP contribution in [0, 0.1) is 5.82 Å². The molecule has 1 heterocycles. The topological polar surface area (TPSA) is 15.3 Å². The second kappa shape index (κ2) is 3.52. The first-order valence-corrected chi connectivity index (χ1v) is 5.21. The van der Waals surface area contributed by atoms with Crippen LogP contribution in [0.15, 0.2) is 48.5 Å². The summed E-state index contributed by atoms with van der Waals surface area (Å²) in [6.07, 6.45) is 0. The van der Waals surface area contributed by atoms with Crippen LogP contribution in [0.2, 0.25) is 0 Å². The molecule has 2 aromatic rings. The van der Waals surface area contributed by atoms with Crippen molar-refractivity contribution in [1.29, 1.82) is 0 Å². The molecule has 3 heteroatoms. The van der Waals surface area contributed by atoms with Crippen LogP contribution in [0.3, 0.4) is 0 Å². The predicted molar refractivity (Wildman–Crippen MR) is 63.5 cm³/mol. The summed E-state index contributed by atoms with van der Waals surface area (Å²) in [5.74, 6) is -0.194. The molecule has 0 saturated heterocycles. The Bertz CT molecular complexity index is 525. The van der Waals surface area contributed by atoms with E-state index in [9.17, 15) is 4.39 Å². The third-order valence-corrected chi connectivity index (χ3v) is 2.77. The molecule has 0 amide bonds. The molecule has 1 N–H and O–H groups in total. The standard InChI is InChI=1S/C13H11FN2/c14-10-5-1-3-7-12(10)16-9-15-11-6-2-4-8-13(11)16/h1-8,15H,9H2. The predicted octanol–water partition coefficient (Wildman–Crippen LogP) is 3.35. The number of para-hydroxylation sites is 3. The molecule has 1 aliphatic rings. The Labute approximate surface area is 93.3 Å². The summed E-state index contributed by atoms with van der Waals surface area (Å²) in [6, 6.07) is 14.7. The number of nitrogens with zero attached hydrogens (tertiary/aromatic N) is 1. The molecule has 0 unspecified atom stereocenters. The number of hydrogen-bond donors (Lipinski definition) is 1. The van der Waals surface area contributed by atoms with Crippen molar-refractivity contribution in [3.05, 3.63) is 54.3 Å². The summed E-state index contributed by atoms with van der Waals surface area (Å²) in [5.41, 5.74) is 2.68. The van der Waals surface area contributed by atoms with E-state index in [1.165, 1.54) is 6.07 Å². The lowest BCUT2D eigenvalue weighted by molar-refractivity contribution is 0.626. The molecule has 0 spiro atoms. The molecule has 0 aliphatic carbocycles. The minimum Gasteiger partial charge on any atom is -0.366 e. The Morgan fingerprint density at radius 2 is 1.62 bits per heavy atom. The van der Waals surface area contributed by atoms with Gasteiger partial charge in [-0.1, -0.05) is 24.3 Å². The number of halogens is 1. The fourth-order valence-corrected chi connectivity index (χ4v) is 1.99. The summed E-state index contributed by atoms with van der Waals surface area (Å²) in [4.78, 5) is 1.94. The fourth-order valence-electron chi connectivity index (χ4n) is 1.99. The average molecular weight is 214 g/mol. The maximum Gasteiger partial charge on any atom is 0.146 e. The molecule has 16 heavy (non-hydrogen) atoms. The Kier molecular flexibility index (Phi) is 2.03. The van der Waals surface area contributed by atoms with Crippen molar-refractivity contribution >= 4 is 17.1 Å². The first-order valence-electron chi connectivity index (χ1n) is 5.21. The average Bonchev–Trinajstić information content (AvgIpc) is 2.74. The van der Waals surface area contributed by atoms with Gasteiger partial charge in [0.1, 0.15) is 5.82 Å². The summed E-state index contributed by atoms with van der Waals surface area (Å²) in [6.45, 7) is 0.611. The van der Waals surface area contributed by atoms with Crippen LogP contribution in [0.5, 0.6) is 0 Å². The SMILES string of the molecule is Fc1ccccc1N1CNc2ccccc21. The third-order valence-electron chi connectivity index (χ3n) is 2.77. The van der Waals surface area contributed by atoms with E-state index in [1.54, 1.807) is 12.1 Å². The van der Waals surface area contributed by atoms with Gasteiger partial charge >= 0.3 is 0 Å². The lowest BCUT2D eigenvalue weighted by Crippen LogP contribution is -2.17. The highest BCUT2D eigenvalue weighted by Crippen LogP contribution is 2.37. The van der Waals surface area contributed by atoms with E-state index in [2.05, 4.69) is 5.32 Å². The van der Waals surface area contributed by atoms with E-state index in [0.29, 0.717) is 12.4 Å². The van der Waals surface area contributed by atoms with Gasteiger partial charge in [0.05, 0.1) is 23.7 Å². The fraction of sp³-hybridized carbons (Fsp3) is 0.0769. The van der Waals surface area contributed by atoms with Crippen LogP contribution in [0.25, 0.3) is 0 Å². The van der Waals surface area contributed by atoms with Crippen molar-refractivity contribution < 1.29 is 4.39 Å². The molecule has 2 aromatic carbocycles. The van der Waals surface area contributed by atoms with Gasteiger partial charge in [0, 0.05) is 0 Å². The summed E-state index contributed by atoms with van der Waals surface area (Å²) < 4.78 is 13.7. The van der Waals surface area contributed by atoms with E-state index >= 15 is 0 Å². The lowest BCUT2D eigenvalue weighted by atomic mass is 10.2. The Balaban J connectivity index is 2.08. The number of anilines is 3. The van der Waals surface area contributed by atoms with Gasteiger partial charge < -0.3 is 10.2 Å². The lowest BCUT2D eigenvalue weighted by Gasteiger charge is -2.18. The normalized spacial score (nSPS) is 13.4. The first-order chi connectivity index (χ1) is 7.86. The van der Waals surface area contributed by atoms with Crippen molar-refractivity contribution in [2.45, 2.75) is 0 Å². The van der Waals surface area contributed by atoms with Crippen molar-refractivity contribution in [1.82, 2.24) is 0 Å². The maximum absolute atomic E-state index is 13.7. The van der Waals surface area contributed by atoms with Crippen LogP contribution in [0.1, 0.15) is 0 Å². The van der Waals surface area contributed by atoms with Gasteiger partial charge in [-0.2, -0.15) is 0 Å². The molecule has 0 fully saturated rings. The maximum atomic E-state index is 13.7. The molecule has 0 atom stereocenters. The molecule has 0 saturated carbocycles. The molecular formula is C13H11FN2. The highest BCUT2D eigenvalue weighted by atomic mass is 19.1. The zero-order chi connectivity index (χ0) is 11.0. The van der Waals surface area contributed by atoms with Crippen LogP contribution < -0.4 is 10.2 Å². The van der Waals surface area contributed by atoms with Gasteiger partial charge in [-0.3, -0.25) is 0 Å². The van der Waals surface area contributed by atoms with E-state index in [4.69, 9.17) is 0 Å². The number of hydrogen-bond acceptors (Lipinski definition) is 2. The number of nitrogens with one attached hydrogen (secondary N) is 1. The number of fused-ring (bicyclic) bond motifs is 1. The minimum atomic E-state index is -0.194. The second-order valence-corrected chi connectivity index (χ2v) is 3.73. The minimum absolute atomic E-state index is 0.194. The van der Waals surface area contributed by atoms with Gasteiger partial charge in [0.2, 0.25) is 0 Å². The zero-order valence-electron chi connectivity index (χ0n) is 8.65. The van der Waals surface area contributed by atoms with Crippen molar-refractivity contribution in [2.75, 3.05) is 16.9 Å². The van der Waals surface area contributed by atoms with E-state index < -0.39 is 0 Å². The van der Waals surface area contributed by atoms with E-state index in [-0.39, 0.29) is 5.82 Å². The summed E-state index contributed by atoms with van der Waals surface area (Å²) in [7, 11) is 0. The molecule has 0 bridgehead atoms. The molecule has 2 nitrogen and oxygen atoms in total. The highest BCUT2D eigenvalue weighted by molar-refractivity contribution is 5.81. The van der Waals surface area contributed by atoms with Crippen molar-refractivity contribution in [2.24, 2.45) is 0 Å². The molecule has 0 radical (unpaired) electrons. The van der Waals surface area contributed by atoms with Crippen LogP contribution in [-0.4, -0.2) is 6.67 Å². The van der Waals surface area contributed by atoms with E-state index in [1.807, 2.05) is 35.2 Å². The van der Waals surface area contributed by atoms with Crippen LogP contribution >= 0.6 is 0 Å². The number of benzene rings is 2. The van der Waals surface area contributed by atoms with Gasteiger partial charge in [-0.05, 0) is 24.3 Å². The van der Waals surface area contributed by atoms with Gasteiger partial charge in [-0.25, -0.2) is 4.39 Å². The molecule has 0 aromatic heterocycles. The monoisotopic (exact) mass is 214 g/mol. The largest absolute Gasteiger partial charge is 0.366 e. The first kappa shape index (κ1) is 9.21. The van der Waals surface area contributed by atoms with Crippen molar-refractivity contribution in [3.63, 3.8) is 0 Å². The van der Waals surface area contributed by atoms with Crippen molar-refractivity contribution in [3.8, 4) is 0 Å². The number of rotatable bonds is 1. The van der Waals surface area contributed by atoms with Crippen LogP contribution in [0.4, 0.5) is 21.5 Å². The summed E-state index contributed by atoms with van der Waals surface area (Å²) in [5, 5.41) is 3.24. The third kappa shape index (κ3) is 1.33. The molecule has 1 aliphatic heterocycles. The van der Waals surface area contributed by atoms with Crippen LogP contribution in [-0.2, 0) is 0 Å². The molecule has 3 rings (SSSR count). The van der Waals surface area contributed by atoms with Gasteiger partial charge in [0.25, 0.3) is 0 Å².